The van der Waals surface area contributed by atoms with Crippen molar-refractivity contribution >= 4 is 0 Å². The molecule has 0 spiro atoms. The average molecular weight is 233 g/mol. The molecule has 17 heavy (non-hydrogen) atoms. The van der Waals surface area contributed by atoms with Crippen molar-refractivity contribution in [2.24, 2.45) is 0 Å². The Morgan fingerprint density at radius 3 is 2.41 bits per heavy atom. The third-order valence-electron chi connectivity index (χ3n) is 2.41. The molecule has 0 radical (unpaired) electrons. The minimum absolute atomic E-state index is 0.436. The molecule has 0 N–H and O–H groups in total. The molecule has 1 aromatic carbocycles. The van der Waals surface area contributed by atoms with Crippen LogP contribution in [0, 0.1) is 0 Å². The predicted molar refractivity (Wildman–Crippen MR) is 62.8 cm³/mol. The van der Waals surface area contributed by atoms with Gasteiger partial charge in [0.05, 0.1) is 24.6 Å². The lowest BCUT2D eigenvalue weighted by molar-refractivity contribution is 0.163. The molecular weight excluding hydrogens is 218 g/mol. The minimum atomic E-state index is 0.436. The summed E-state index contributed by atoms with van der Waals surface area (Å²) in [6, 6.07) is 9.84. The molecule has 5 heteroatoms. The van der Waals surface area contributed by atoms with Crippen molar-refractivity contribution in [3.8, 4) is 5.69 Å². The number of para-hydroxylation sites is 1. The van der Waals surface area contributed by atoms with E-state index < -0.39 is 0 Å². The highest BCUT2D eigenvalue weighted by molar-refractivity contribution is 5.32. The van der Waals surface area contributed by atoms with Crippen LogP contribution in [-0.2, 0) is 22.7 Å². The molecule has 1 aromatic heterocycles. The molecule has 0 fully saturated rings. The van der Waals surface area contributed by atoms with E-state index in [0.717, 1.165) is 17.1 Å². The number of rotatable bonds is 5. The molecule has 5 nitrogen and oxygen atoms in total. The summed E-state index contributed by atoms with van der Waals surface area (Å²) in [5, 5.41) is 8.24. The number of methoxy groups -OCH3 is 2. The molecule has 0 unspecified atom stereocenters. The van der Waals surface area contributed by atoms with Crippen LogP contribution in [0.15, 0.2) is 30.3 Å². The highest BCUT2D eigenvalue weighted by atomic mass is 16.5. The van der Waals surface area contributed by atoms with Crippen molar-refractivity contribution in [1.82, 2.24) is 15.0 Å². The van der Waals surface area contributed by atoms with Crippen LogP contribution in [0.5, 0.6) is 0 Å². The van der Waals surface area contributed by atoms with Crippen LogP contribution >= 0.6 is 0 Å². The second-order valence-electron chi connectivity index (χ2n) is 3.60. The quantitative estimate of drug-likeness (QED) is 0.786. The first-order valence-corrected chi connectivity index (χ1v) is 5.33. The summed E-state index contributed by atoms with van der Waals surface area (Å²) in [5.74, 6) is 0. The van der Waals surface area contributed by atoms with E-state index in [2.05, 4.69) is 10.3 Å². The van der Waals surface area contributed by atoms with Crippen LogP contribution in [0.2, 0.25) is 0 Å². The van der Waals surface area contributed by atoms with Crippen LogP contribution in [0.4, 0.5) is 0 Å². The van der Waals surface area contributed by atoms with Crippen LogP contribution in [0.25, 0.3) is 5.69 Å². The first-order valence-electron chi connectivity index (χ1n) is 5.33. The van der Waals surface area contributed by atoms with Crippen molar-refractivity contribution in [3.63, 3.8) is 0 Å². The van der Waals surface area contributed by atoms with Gasteiger partial charge in [0.1, 0.15) is 5.69 Å². The highest BCUT2D eigenvalue weighted by Crippen LogP contribution is 2.14. The monoisotopic (exact) mass is 233 g/mol. The van der Waals surface area contributed by atoms with E-state index >= 15 is 0 Å². The van der Waals surface area contributed by atoms with Gasteiger partial charge in [-0.25, -0.2) is 4.68 Å². The van der Waals surface area contributed by atoms with E-state index in [1.165, 1.54) is 0 Å². The fourth-order valence-corrected chi connectivity index (χ4v) is 1.64. The second kappa shape index (κ2) is 5.56. The zero-order valence-corrected chi connectivity index (χ0v) is 9.96. The average Bonchev–Trinajstić information content (AvgIpc) is 2.75. The summed E-state index contributed by atoms with van der Waals surface area (Å²) in [4.78, 5) is 0. The van der Waals surface area contributed by atoms with E-state index in [0.29, 0.717) is 13.2 Å². The standard InChI is InChI=1S/C12H15N3O2/c1-16-8-11-12(9-17-2)15(14-13-11)10-6-4-3-5-7-10/h3-7H,8-9H2,1-2H3. The van der Waals surface area contributed by atoms with Gasteiger partial charge in [-0.05, 0) is 12.1 Å². The topological polar surface area (TPSA) is 49.2 Å². The maximum Gasteiger partial charge on any atom is 0.114 e. The van der Waals surface area contributed by atoms with Crippen LogP contribution in [-0.4, -0.2) is 29.2 Å². The number of aromatic nitrogens is 3. The van der Waals surface area contributed by atoms with Gasteiger partial charge in [-0.2, -0.15) is 0 Å². The lowest BCUT2D eigenvalue weighted by Crippen LogP contribution is -2.05. The SMILES string of the molecule is COCc1nnn(-c2ccccc2)c1COC. The van der Waals surface area contributed by atoms with Gasteiger partial charge in [0.15, 0.2) is 0 Å². The van der Waals surface area contributed by atoms with Gasteiger partial charge in [-0.15, -0.1) is 5.10 Å². The number of hydrogen-bond acceptors (Lipinski definition) is 4. The Hall–Kier alpha value is -1.72. The lowest BCUT2D eigenvalue weighted by Gasteiger charge is -2.06. The number of nitrogens with zero attached hydrogens (tertiary/aromatic N) is 3. The van der Waals surface area contributed by atoms with E-state index in [-0.39, 0.29) is 0 Å². The molecule has 0 amide bonds. The number of hydrogen-bond donors (Lipinski definition) is 0. The van der Waals surface area contributed by atoms with Crippen LogP contribution in [0.3, 0.4) is 0 Å². The molecule has 90 valence electrons. The Morgan fingerprint density at radius 1 is 1.06 bits per heavy atom. The molecule has 0 atom stereocenters. The first-order chi connectivity index (χ1) is 8.36. The van der Waals surface area contributed by atoms with Gasteiger partial charge >= 0.3 is 0 Å². The maximum atomic E-state index is 5.18. The van der Waals surface area contributed by atoms with Gasteiger partial charge in [-0.1, -0.05) is 23.4 Å². The Kier molecular flexibility index (Phi) is 3.85. The van der Waals surface area contributed by atoms with Crippen LogP contribution < -0.4 is 0 Å². The summed E-state index contributed by atoms with van der Waals surface area (Å²) in [6.07, 6.45) is 0. The Morgan fingerprint density at radius 2 is 1.76 bits per heavy atom. The molecule has 0 aliphatic heterocycles. The second-order valence-corrected chi connectivity index (χ2v) is 3.60. The lowest BCUT2D eigenvalue weighted by atomic mass is 10.3. The molecule has 1 heterocycles. The maximum absolute atomic E-state index is 5.18. The van der Waals surface area contributed by atoms with Crippen LogP contribution in [0.1, 0.15) is 11.4 Å². The Labute approximate surface area is 100.0 Å². The third kappa shape index (κ3) is 2.51. The summed E-state index contributed by atoms with van der Waals surface area (Å²) in [5.41, 5.74) is 2.69. The summed E-state index contributed by atoms with van der Waals surface area (Å²) < 4.78 is 12.0. The van der Waals surface area contributed by atoms with E-state index in [9.17, 15) is 0 Å². The van der Waals surface area contributed by atoms with Crippen molar-refractivity contribution < 1.29 is 9.47 Å². The van der Waals surface area contributed by atoms with Gasteiger partial charge in [0.25, 0.3) is 0 Å². The van der Waals surface area contributed by atoms with E-state index in [4.69, 9.17) is 9.47 Å². The zero-order chi connectivity index (χ0) is 12.1. The third-order valence-corrected chi connectivity index (χ3v) is 2.41. The fourth-order valence-electron chi connectivity index (χ4n) is 1.64. The van der Waals surface area contributed by atoms with E-state index in [1.807, 2.05) is 30.3 Å². The van der Waals surface area contributed by atoms with Gasteiger partial charge < -0.3 is 9.47 Å². The normalized spacial score (nSPS) is 10.7. The molecule has 0 bridgehead atoms. The van der Waals surface area contributed by atoms with Crippen molar-refractivity contribution in [2.45, 2.75) is 13.2 Å². The molecule has 0 aliphatic rings. The summed E-state index contributed by atoms with van der Waals surface area (Å²) in [7, 11) is 3.29. The highest BCUT2D eigenvalue weighted by Gasteiger charge is 2.13. The Balaban J connectivity index is 2.40. The molecule has 0 aliphatic carbocycles. The predicted octanol–water partition coefficient (Wildman–Crippen LogP) is 1.56. The van der Waals surface area contributed by atoms with Gasteiger partial charge in [0.2, 0.25) is 0 Å². The van der Waals surface area contributed by atoms with Gasteiger partial charge in [0, 0.05) is 14.2 Å². The molecular formula is C12H15N3O2. The fraction of sp³-hybridized carbons (Fsp3) is 0.333. The van der Waals surface area contributed by atoms with Crippen molar-refractivity contribution in [1.29, 1.82) is 0 Å². The number of ether oxygens (including phenoxy) is 2. The number of benzene rings is 1. The van der Waals surface area contributed by atoms with Crippen molar-refractivity contribution in [2.75, 3.05) is 14.2 Å². The molecule has 2 aromatic rings. The summed E-state index contributed by atoms with van der Waals surface area (Å²) >= 11 is 0. The molecule has 0 saturated heterocycles. The zero-order valence-electron chi connectivity index (χ0n) is 9.96. The van der Waals surface area contributed by atoms with Gasteiger partial charge in [-0.3, -0.25) is 0 Å². The van der Waals surface area contributed by atoms with E-state index in [1.54, 1.807) is 18.9 Å². The summed E-state index contributed by atoms with van der Waals surface area (Å²) in [6.45, 7) is 0.895. The van der Waals surface area contributed by atoms with Crippen molar-refractivity contribution in [3.05, 3.63) is 41.7 Å². The molecule has 2 rings (SSSR count). The first kappa shape index (κ1) is 11.8. The smallest absolute Gasteiger partial charge is 0.114 e. The minimum Gasteiger partial charge on any atom is -0.378 e. The largest absolute Gasteiger partial charge is 0.378 e. The Bertz CT molecular complexity index is 468. The molecule has 0 saturated carbocycles.